The molecule has 0 aliphatic carbocycles. The average molecular weight is 247 g/mol. The molecule has 0 heterocycles. The van der Waals surface area contributed by atoms with Crippen LogP contribution in [0.25, 0.3) is 0 Å². The molecule has 0 spiro atoms. The summed E-state index contributed by atoms with van der Waals surface area (Å²) in [4.78, 5) is 0. The summed E-state index contributed by atoms with van der Waals surface area (Å²) in [5.41, 5.74) is 0. The van der Waals surface area contributed by atoms with Crippen molar-refractivity contribution < 1.29 is 4.21 Å². The third-order valence-corrected chi connectivity index (χ3v) is 4.75. The van der Waals surface area contributed by atoms with Gasteiger partial charge in [0.2, 0.25) is 0 Å². The normalized spacial score (nSPS) is 13.2. The minimum atomic E-state index is -0.817. The molecule has 0 fully saturated rings. The van der Waals surface area contributed by atoms with Gasteiger partial charge in [0.1, 0.15) is 0 Å². The topological polar surface area (TPSA) is 29.1 Å². The van der Waals surface area contributed by atoms with Crippen molar-refractivity contribution in [1.82, 2.24) is 4.72 Å². The molecule has 0 aliphatic heterocycles. The molecule has 0 aromatic carbocycles. The van der Waals surface area contributed by atoms with Crippen molar-refractivity contribution in [3.8, 4) is 0 Å². The highest BCUT2D eigenvalue weighted by Gasteiger charge is 2.10. The van der Waals surface area contributed by atoms with Crippen LogP contribution in [0.2, 0.25) is 0 Å². The molecule has 0 aromatic heterocycles. The maximum Gasteiger partial charge on any atom is 0.0946 e. The van der Waals surface area contributed by atoms with E-state index < -0.39 is 11.0 Å². The van der Waals surface area contributed by atoms with Gasteiger partial charge >= 0.3 is 0 Å². The second-order valence-corrected chi connectivity index (χ2v) is 5.95. The van der Waals surface area contributed by atoms with Gasteiger partial charge in [-0.15, -0.1) is 0 Å². The summed E-state index contributed by atoms with van der Waals surface area (Å²) >= 11 is 0. The lowest BCUT2D eigenvalue weighted by molar-refractivity contribution is 0.597. The van der Waals surface area contributed by atoms with Gasteiger partial charge in [-0.2, -0.15) is 0 Å². The van der Waals surface area contributed by atoms with Crippen molar-refractivity contribution in [3.05, 3.63) is 0 Å². The molecule has 16 heavy (non-hydrogen) atoms. The fourth-order valence-corrected chi connectivity index (χ4v) is 2.97. The van der Waals surface area contributed by atoms with E-state index in [4.69, 9.17) is 0 Å². The lowest BCUT2D eigenvalue weighted by Gasteiger charge is -2.12. The Balaban J connectivity index is 3.33. The Labute approximate surface area is 104 Å². The second-order valence-electron chi connectivity index (χ2n) is 4.40. The molecule has 1 atom stereocenters. The van der Waals surface area contributed by atoms with Crippen molar-refractivity contribution in [3.63, 3.8) is 0 Å². The van der Waals surface area contributed by atoms with Gasteiger partial charge in [-0.25, -0.2) is 8.93 Å². The first-order valence-corrected chi connectivity index (χ1v) is 8.11. The van der Waals surface area contributed by atoms with Gasteiger partial charge in [-0.3, -0.25) is 0 Å². The van der Waals surface area contributed by atoms with Gasteiger partial charge in [0, 0.05) is 11.8 Å². The zero-order valence-corrected chi connectivity index (χ0v) is 12.1. The van der Waals surface area contributed by atoms with Gasteiger partial charge < -0.3 is 0 Å². The van der Waals surface area contributed by atoms with Crippen LogP contribution < -0.4 is 4.72 Å². The van der Waals surface area contributed by atoms with Gasteiger partial charge in [0.15, 0.2) is 0 Å². The van der Waals surface area contributed by atoms with E-state index in [-0.39, 0.29) is 0 Å². The van der Waals surface area contributed by atoms with E-state index in [0.717, 1.165) is 25.8 Å². The minimum Gasteiger partial charge on any atom is -0.243 e. The number of nitrogens with one attached hydrogen (secondary N) is 1. The summed E-state index contributed by atoms with van der Waals surface area (Å²) in [6, 6.07) is 0. The van der Waals surface area contributed by atoms with Crippen LogP contribution in [-0.2, 0) is 11.0 Å². The monoisotopic (exact) mass is 247 g/mol. The smallest absolute Gasteiger partial charge is 0.0946 e. The molecule has 0 aromatic rings. The van der Waals surface area contributed by atoms with Crippen LogP contribution in [0.15, 0.2) is 0 Å². The van der Waals surface area contributed by atoms with Gasteiger partial charge in [-0.1, -0.05) is 52.9 Å². The van der Waals surface area contributed by atoms with Crippen LogP contribution in [-0.4, -0.2) is 16.0 Å². The van der Waals surface area contributed by atoms with Crippen LogP contribution in [0, 0.1) is 0 Å². The molecule has 3 heteroatoms. The van der Waals surface area contributed by atoms with Gasteiger partial charge in [0.05, 0.1) is 11.0 Å². The molecule has 0 radical (unpaired) electrons. The third-order valence-electron chi connectivity index (χ3n) is 2.99. The maximum atomic E-state index is 11.7. The van der Waals surface area contributed by atoms with E-state index in [9.17, 15) is 4.21 Å². The zero-order chi connectivity index (χ0) is 12.2. The highest BCUT2D eigenvalue weighted by Crippen LogP contribution is 2.06. The standard InChI is InChI=1S/C13H29NOS/c1-4-7-8-9-10-11-12-14-16(15)13(5-2)6-3/h13-14H,4-12H2,1-3H3. The van der Waals surface area contributed by atoms with E-state index in [1.165, 1.54) is 32.1 Å². The Bertz CT molecular complexity index is 169. The van der Waals surface area contributed by atoms with E-state index >= 15 is 0 Å². The van der Waals surface area contributed by atoms with Crippen LogP contribution in [0.5, 0.6) is 0 Å². The third kappa shape index (κ3) is 8.28. The number of rotatable bonds is 11. The second kappa shape index (κ2) is 11.6. The quantitative estimate of drug-likeness (QED) is 0.553. The van der Waals surface area contributed by atoms with E-state index in [1.807, 2.05) is 0 Å². The zero-order valence-electron chi connectivity index (χ0n) is 11.3. The van der Waals surface area contributed by atoms with Crippen molar-refractivity contribution in [2.75, 3.05) is 6.54 Å². The summed E-state index contributed by atoms with van der Waals surface area (Å²) in [7, 11) is -0.817. The Morgan fingerprint density at radius 1 is 0.938 bits per heavy atom. The molecule has 1 unspecified atom stereocenters. The first-order chi connectivity index (χ1) is 7.76. The fourth-order valence-electron chi connectivity index (χ4n) is 1.79. The lowest BCUT2D eigenvalue weighted by Crippen LogP contribution is -2.28. The number of hydrogen-bond donors (Lipinski definition) is 1. The van der Waals surface area contributed by atoms with Crippen LogP contribution in [0.1, 0.15) is 72.1 Å². The molecule has 98 valence electrons. The van der Waals surface area contributed by atoms with Crippen LogP contribution >= 0.6 is 0 Å². The first kappa shape index (κ1) is 16.1. The van der Waals surface area contributed by atoms with E-state index in [2.05, 4.69) is 25.5 Å². The van der Waals surface area contributed by atoms with Crippen molar-refractivity contribution >= 4 is 11.0 Å². The molecule has 0 amide bonds. The average Bonchev–Trinajstić information content (AvgIpc) is 2.29. The SMILES string of the molecule is CCCCCCCCNS(=O)C(CC)CC. The molecular formula is C13H29NOS. The fraction of sp³-hybridized carbons (Fsp3) is 1.00. The van der Waals surface area contributed by atoms with Gasteiger partial charge in [-0.05, 0) is 19.3 Å². The molecule has 0 bridgehead atoms. The number of unbranched alkanes of at least 4 members (excludes halogenated alkanes) is 5. The Kier molecular flexibility index (Phi) is 11.7. The Hall–Kier alpha value is 0.110. The predicted molar refractivity (Wildman–Crippen MR) is 73.9 cm³/mol. The summed E-state index contributed by atoms with van der Waals surface area (Å²) in [6.07, 6.45) is 9.78. The molecule has 2 nitrogen and oxygen atoms in total. The molecule has 0 aliphatic rings. The minimum absolute atomic E-state index is 0.333. The summed E-state index contributed by atoms with van der Waals surface area (Å²) in [5, 5.41) is 0.333. The van der Waals surface area contributed by atoms with E-state index in [0.29, 0.717) is 5.25 Å². The highest BCUT2D eigenvalue weighted by atomic mass is 32.2. The lowest BCUT2D eigenvalue weighted by atomic mass is 10.1. The van der Waals surface area contributed by atoms with E-state index in [1.54, 1.807) is 0 Å². The summed E-state index contributed by atoms with van der Waals surface area (Å²) < 4.78 is 14.9. The van der Waals surface area contributed by atoms with Crippen molar-refractivity contribution in [2.45, 2.75) is 77.4 Å². The van der Waals surface area contributed by atoms with Crippen molar-refractivity contribution in [2.24, 2.45) is 0 Å². The van der Waals surface area contributed by atoms with Gasteiger partial charge in [0.25, 0.3) is 0 Å². The summed E-state index contributed by atoms with van der Waals surface area (Å²) in [5.74, 6) is 0. The van der Waals surface area contributed by atoms with Crippen LogP contribution in [0.4, 0.5) is 0 Å². The molecule has 0 saturated heterocycles. The predicted octanol–water partition coefficient (Wildman–Crippen LogP) is 3.79. The number of hydrogen-bond acceptors (Lipinski definition) is 1. The largest absolute Gasteiger partial charge is 0.243 e. The molecular weight excluding hydrogens is 218 g/mol. The van der Waals surface area contributed by atoms with Crippen LogP contribution in [0.3, 0.4) is 0 Å². The van der Waals surface area contributed by atoms with Crippen molar-refractivity contribution in [1.29, 1.82) is 0 Å². The molecule has 0 saturated carbocycles. The molecule has 0 rings (SSSR count). The Morgan fingerprint density at radius 3 is 2.06 bits per heavy atom. The highest BCUT2D eigenvalue weighted by molar-refractivity contribution is 7.83. The Morgan fingerprint density at radius 2 is 1.50 bits per heavy atom. The molecule has 1 N–H and O–H groups in total. The maximum absolute atomic E-state index is 11.7. The first-order valence-electron chi connectivity index (χ1n) is 6.90. The summed E-state index contributed by atoms with van der Waals surface area (Å²) in [6.45, 7) is 7.37.